The average molecular weight is 417 g/mol. The minimum atomic E-state index is -0.145. The van der Waals surface area contributed by atoms with Crippen LogP contribution in [0.15, 0.2) is 59.9 Å². The number of hydrogen-bond acceptors (Lipinski definition) is 5. The number of pyridine rings is 1. The van der Waals surface area contributed by atoms with E-state index in [1.54, 1.807) is 19.5 Å². The van der Waals surface area contributed by atoms with Gasteiger partial charge in [0.15, 0.2) is 0 Å². The lowest BCUT2D eigenvalue weighted by atomic mass is 9.83. The highest BCUT2D eigenvalue weighted by Crippen LogP contribution is 2.36. The maximum Gasteiger partial charge on any atom is 0.321 e. The van der Waals surface area contributed by atoms with Gasteiger partial charge in [-0.25, -0.2) is 14.8 Å². The van der Waals surface area contributed by atoms with Crippen LogP contribution in [-0.2, 0) is 6.54 Å². The molecule has 1 N–H and O–H groups in total. The van der Waals surface area contributed by atoms with Gasteiger partial charge < -0.3 is 19.5 Å². The van der Waals surface area contributed by atoms with E-state index in [0.29, 0.717) is 36.6 Å². The molecule has 2 aromatic heterocycles. The van der Waals surface area contributed by atoms with Crippen LogP contribution < -0.4 is 15.6 Å². The Labute approximate surface area is 179 Å². The summed E-state index contributed by atoms with van der Waals surface area (Å²) in [5.41, 5.74) is 2.94. The number of likely N-dealkylation sites (tertiary alicyclic amines) is 1. The fourth-order valence-electron chi connectivity index (χ4n) is 4.71. The van der Waals surface area contributed by atoms with Crippen molar-refractivity contribution < 1.29 is 9.53 Å². The summed E-state index contributed by atoms with van der Waals surface area (Å²) in [6, 6.07) is 11.1. The molecule has 2 aliphatic rings. The van der Waals surface area contributed by atoms with Crippen molar-refractivity contribution in [1.29, 1.82) is 0 Å². The number of carbonyl (C=O) groups is 1. The number of carbonyl (C=O) groups excluding carboxylic acids is 1. The molecule has 2 amide bonds. The number of aromatic nitrogens is 3. The van der Waals surface area contributed by atoms with Crippen molar-refractivity contribution in [3.63, 3.8) is 0 Å². The van der Waals surface area contributed by atoms with Gasteiger partial charge in [-0.2, -0.15) is 0 Å². The van der Waals surface area contributed by atoms with Crippen molar-refractivity contribution in [2.24, 2.45) is 5.92 Å². The van der Waals surface area contributed by atoms with E-state index in [1.807, 2.05) is 45.9 Å². The highest BCUT2D eigenvalue weighted by Gasteiger charge is 2.37. The van der Waals surface area contributed by atoms with Crippen LogP contribution in [0.4, 0.5) is 10.5 Å². The number of piperidine rings is 1. The van der Waals surface area contributed by atoms with E-state index in [4.69, 9.17) is 4.74 Å². The summed E-state index contributed by atoms with van der Waals surface area (Å²) in [6.07, 6.45) is 5.74. The van der Waals surface area contributed by atoms with Gasteiger partial charge in [-0.05, 0) is 36.6 Å². The lowest BCUT2D eigenvalue weighted by Gasteiger charge is -2.42. The molecule has 0 radical (unpaired) electrons. The first kappa shape index (κ1) is 19.3. The van der Waals surface area contributed by atoms with Crippen molar-refractivity contribution in [2.45, 2.75) is 18.9 Å². The molecule has 158 valence electrons. The van der Waals surface area contributed by atoms with Gasteiger partial charge in [0.05, 0.1) is 18.4 Å². The van der Waals surface area contributed by atoms with Crippen LogP contribution in [0.25, 0.3) is 11.1 Å². The van der Waals surface area contributed by atoms with Crippen LogP contribution in [0.1, 0.15) is 18.0 Å². The number of hydrogen-bond donors (Lipinski definition) is 1. The summed E-state index contributed by atoms with van der Waals surface area (Å²) in [6.45, 7) is 1.79. The van der Waals surface area contributed by atoms with Gasteiger partial charge in [0, 0.05) is 49.2 Å². The molecule has 0 spiro atoms. The van der Waals surface area contributed by atoms with Gasteiger partial charge >= 0.3 is 6.03 Å². The monoisotopic (exact) mass is 417 g/mol. The number of anilines is 1. The lowest BCUT2D eigenvalue weighted by molar-refractivity contribution is 0.139. The Morgan fingerprint density at radius 1 is 1.10 bits per heavy atom. The Bertz CT molecular complexity index is 1180. The number of amides is 2. The molecule has 3 aromatic rings. The largest absolute Gasteiger partial charge is 0.495 e. The smallest absolute Gasteiger partial charge is 0.321 e. The highest BCUT2D eigenvalue weighted by molar-refractivity contribution is 5.91. The summed E-state index contributed by atoms with van der Waals surface area (Å²) in [7, 11) is 1.58. The molecule has 4 heterocycles. The second-order valence-electron chi connectivity index (χ2n) is 8.05. The maximum absolute atomic E-state index is 13.2. The van der Waals surface area contributed by atoms with Crippen molar-refractivity contribution in [3.05, 3.63) is 71.2 Å². The Hall–Kier alpha value is -3.68. The second kappa shape index (κ2) is 7.86. The topological polar surface area (TPSA) is 89.3 Å². The van der Waals surface area contributed by atoms with E-state index in [-0.39, 0.29) is 23.4 Å². The van der Waals surface area contributed by atoms with E-state index in [1.165, 1.54) is 6.33 Å². The summed E-state index contributed by atoms with van der Waals surface area (Å²) in [4.78, 5) is 36.0. The van der Waals surface area contributed by atoms with E-state index in [2.05, 4.69) is 15.3 Å². The predicted octanol–water partition coefficient (Wildman–Crippen LogP) is 2.97. The van der Waals surface area contributed by atoms with E-state index >= 15 is 0 Å². The Balaban J connectivity index is 1.39. The quantitative estimate of drug-likeness (QED) is 0.708. The van der Waals surface area contributed by atoms with E-state index in [0.717, 1.165) is 17.7 Å². The number of fused-ring (bicyclic) bond motifs is 4. The number of benzene rings is 1. The number of para-hydroxylation sites is 2. The molecular weight excluding hydrogens is 394 g/mol. The van der Waals surface area contributed by atoms with Gasteiger partial charge in [-0.15, -0.1) is 0 Å². The first-order chi connectivity index (χ1) is 15.1. The third kappa shape index (κ3) is 3.54. The van der Waals surface area contributed by atoms with Gasteiger partial charge in [-0.3, -0.25) is 4.79 Å². The number of nitrogens with zero attached hydrogens (tertiary/aromatic N) is 4. The zero-order valence-electron chi connectivity index (χ0n) is 17.2. The van der Waals surface area contributed by atoms with Crippen LogP contribution in [-0.4, -0.2) is 45.7 Å². The molecule has 1 aromatic carbocycles. The molecule has 1 saturated heterocycles. The first-order valence-corrected chi connectivity index (χ1v) is 10.3. The summed E-state index contributed by atoms with van der Waals surface area (Å²) in [5.74, 6) is 0.988. The van der Waals surface area contributed by atoms with Gasteiger partial charge in [0.1, 0.15) is 12.1 Å². The Morgan fingerprint density at radius 2 is 1.90 bits per heavy atom. The van der Waals surface area contributed by atoms with Crippen molar-refractivity contribution >= 4 is 11.7 Å². The predicted molar refractivity (Wildman–Crippen MR) is 116 cm³/mol. The van der Waals surface area contributed by atoms with E-state index in [9.17, 15) is 9.59 Å². The van der Waals surface area contributed by atoms with Gasteiger partial charge in [-0.1, -0.05) is 12.1 Å². The molecular formula is C23H23N5O3. The fraction of sp³-hybridized carbons (Fsp3) is 0.304. The van der Waals surface area contributed by atoms with Crippen molar-refractivity contribution in [1.82, 2.24) is 19.4 Å². The molecule has 8 heteroatoms. The SMILES string of the molecule is COc1ccccc1NC(=O)N1C[C@H]2C[C@H](C1)c1ccc(-c3cncnc3)c(=O)n1C2. The van der Waals surface area contributed by atoms with Crippen LogP contribution in [0.2, 0.25) is 0 Å². The third-order valence-corrected chi connectivity index (χ3v) is 6.11. The molecule has 2 atom stereocenters. The number of rotatable bonds is 3. The molecule has 1 fully saturated rings. The lowest BCUT2D eigenvalue weighted by Crippen LogP contribution is -2.50. The molecule has 2 aliphatic heterocycles. The highest BCUT2D eigenvalue weighted by atomic mass is 16.5. The average Bonchev–Trinajstić information content (AvgIpc) is 2.80. The van der Waals surface area contributed by atoms with Crippen LogP contribution in [0, 0.1) is 5.92 Å². The van der Waals surface area contributed by atoms with Crippen molar-refractivity contribution in [2.75, 3.05) is 25.5 Å². The summed E-state index contributed by atoms with van der Waals surface area (Å²) >= 11 is 0. The van der Waals surface area contributed by atoms with Crippen LogP contribution in [0.3, 0.4) is 0 Å². The fourth-order valence-corrected chi connectivity index (χ4v) is 4.71. The standard InChI is InChI=1S/C23H23N5O3/c1-31-21-5-3-2-4-19(21)26-23(30)27-11-15-8-16(13-27)20-7-6-18(22(29)28(20)12-15)17-9-24-14-25-10-17/h2-7,9-10,14-16H,8,11-13H2,1H3,(H,26,30)/t15-,16-/m1/s1. The molecule has 0 aliphatic carbocycles. The second-order valence-corrected chi connectivity index (χ2v) is 8.05. The zero-order valence-corrected chi connectivity index (χ0v) is 17.2. The number of ether oxygens (including phenoxy) is 1. The minimum Gasteiger partial charge on any atom is -0.495 e. The van der Waals surface area contributed by atoms with Gasteiger partial charge in [0.2, 0.25) is 0 Å². The molecule has 0 unspecified atom stereocenters. The first-order valence-electron chi connectivity index (χ1n) is 10.3. The Kier molecular flexibility index (Phi) is 4.89. The summed E-state index contributed by atoms with van der Waals surface area (Å²) in [5, 5.41) is 2.97. The summed E-state index contributed by atoms with van der Waals surface area (Å²) < 4.78 is 7.21. The molecule has 8 nitrogen and oxygen atoms in total. The van der Waals surface area contributed by atoms with Crippen LogP contribution in [0.5, 0.6) is 5.75 Å². The molecule has 31 heavy (non-hydrogen) atoms. The number of urea groups is 1. The zero-order chi connectivity index (χ0) is 21.4. The number of methoxy groups -OCH3 is 1. The molecule has 0 saturated carbocycles. The van der Waals surface area contributed by atoms with Crippen molar-refractivity contribution in [3.8, 4) is 16.9 Å². The van der Waals surface area contributed by atoms with Gasteiger partial charge in [0.25, 0.3) is 5.56 Å². The molecule has 5 rings (SSSR count). The van der Waals surface area contributed by atoms with E-state index < -0.39 is 0 Å². The number of nitrogens with one attached hydrogen (secondary N) is 1. The molecule has 2 bridgehead atoms. The Morgan fingerprint density at radius 3 is 2.71 bits per heavy atom. The normalized spacial score (nSPS) is 19.5. The minimum absolute atomic E-state index is 0.0195. The maximum atomic E-state index is 13.2. The van der Waals surface area contributed by atoms with Crippen LogP contribution >= 0.6 is 0 Å². The third-order valence-electron chi connectivity index (χ3n) is 6.11.